The average Bonchev–Trinajstić information content (AvgIpc) is 3.22. The SMILES string of the molecule is [2H]C1(NC(=O)C2CCCC2)C(C#N)C(C)=C(C)N1C(C)c1ccccc1. The molecule has 0 bridgehead atoms. The van der Waals surface area contributed by atoms with Gasteiger partial charge < -0.3 is 10.2 Å². The number of nitriles is 1. The van der Waals surface area contributed by atoms with Crippen molar-refractivity contribution in [2.24, 2.45) is 11.8 Å². The molecule has 0 aromatic heterocycles. The fourth-order valence-electron chi connectivity index (χ4n) is 4.01. The van der Waals surface area contributed by atoms with Crippen molar-refractivity contribution < 1.29 is 6.17 Å². The van der Waals surface area contributed by atoms with Crippen LogP contribution in [0.3, 0.4) is 0 Å². The predicted octanol–water partition coefficient (Wildman–Crippen LogP) is 4.13. The van der Waals surface area contributed by atoms with E-state index in [2.05, 4.69) is 11.4 Å². The van der Waals surface area contributed by atoms with Crippen molar-refractivity contribution in [2.45, 2.75) is 58.6 Å². The molecule has 1 heterocycles. The van der Waals surface area contributed by atoms with Gasteiger partial charge in [-0.25, -0.2) is 0 Å². The fourth-order valence-corrected chi connectivity index (χ4v) is 4.01. The van der Waals surface area contributed by atoms with Gasteiger partial charge in [0.2, 0.25) is 5.91 Å². The molecule has 3 atom stereocenters. The minimum atomic E-state index is -1.47. The minimum absolute atomic E-state index is 0.0355. The van der Waals surface area contributed by atoms with Gasteiger partial charge in [0.15, 0.2) is 0 Å². The lowest BCUT2D eigenvalue weighted by atomic mass is 10.00. The third-order valence-corrected chi connectivity index (χ3v) is 5.67. The van der Waals surface area contributed by atoms with Crippen LogP contribution in [-0.4, -0.2) is 16.9 Å². The number of nitrogens with one attached hydrogen (secondary N) is 1. The minimum Gasteiger partial charge on any atom is -0.347 e. The molecule has 1 amide bonds. The van der Waals surface area contributed by atoms with Crippen molar-refractivity contribution in [1.82, 2.24) is 10.2 Å². The van der Waals surface area contributed by atoms with E-state index in [-0.39, 0.29) is 17.9 Å². The van der Waals surface area contributed by atoms with Crippen LogP contribution in [0.15, 0.2) is 41.6 Å². The van der Waals surface area contributed by atoms with E-state index in [1.807, 2.05) is 56.0 Å². The van der Waals surface area contributed by atoms with Gasteiger partial charge in [-0.3, -0.25) is 4.79 Å². The molecule has 3 unspecified atom stereocenters. The zero-order valence-electron chi connectivity index (χ0n) is 16.2. The highest BCUT2D eigenvalue weighted by molar-refractivity contribution is 5.79. The van der Waals surface area contributed by atoms with E-state index in [0.29, 0.717) is 0 Å². The number of benzene rings is 1. The second kappa shape index (κ2) is 7.31. The van der Waals surface area contributed by atoms with E-state index in [0.717, 1.165) is 42.5 Å². The number of amides is 1. The van der Waals surface area contributed by atoms with Gasteiger partial charge in [0.25, 0.3) is 0 Å². The summed E-state index contributed by atoms with van der Waals surface area (Å²) in [5, 5.41) is 12.7. The lowest BCUT2D eigenvalue weighted by Gasteiger charge is -2.36. The predicted molar refractivity (Wildman–Crippen MR) is 98.1 cm³/mol. The molecule has 4 heteroatoms. The monoisotopic (exact) mass is 338 g/mol. The molecule has 3 rings (SSSR count). The molecule has 1 N–H and O–H groups in total. The molecule has 1 aliphatic heterocycles. The Kier molecular flexibility index (Phi) is 4.74. The first-order valence-corrected chi connectivity index (χ1v) is 9.13. The first kappa shape index (κ1) is 16.2. The molecule has 2 aliphatic rings. The van der Waals surface area contributed by atoms with E-state index in [9.17, 15) is 10.1 Å². The number of hydrogen-bond donors (Lipinski definition) is 1. The maximum Gasteiger partial charge on any atom is 0.224 e. The number of allylic oxidation sites excluding steroid dienone is 1. The summed E-state index contributed by atoms with van der Waals surface area (Å²) in [7, 11) is 0. The molecule has 25 heavy (non-hydrogen) atoms. The molecule has 1 aromatic rings. The van der Waals surface area contributed by atoms with Crippen LogP contribution in [0.25, 0.3) is 0 Å². The summed E-state index contributed by atoms with van der Waals surface area (Å²) in [6.45, 7) is 5.86. The van der Waals surface area contributed by atoms with Crippen molar-refractivity contribution in [1.29, 1.82) is 5.26 Å². The summed E-state index contributed by atoms with van der Waals surface area (Å²) >= 11 is 0. The Labute approximate surface area is 151 Å². The van der Waals surface area contributed by atoms with Gasteiger partial charge in [0, 0.05) is 11.6 Å². The summed E-state index contributed by atoms with van der Waals surface area (Å²) in [5.74, 6) is -0.809. The first-order chi connectivity index (χ1) is 12.4. The highest BCUT2D eigenvalue weighted by Crippen LogP contribution is 2.39. The molecule has 1 saturated carbocycles. The Bertz CT molecular complexity index is 748. The third-order valence-electron chi connectivity index (χ3n) is 5.67. The largest absolute Gasteiger partial charge is 0.347 e. The molecule has 1 aromatic carbocycles. The van der Waals surface area contributed by atoms with E-state index in [1.165, 1.54) is 0 Å². The highest BCUT2D eigenvalue weighted by Gasteiger charge is 2.41. The van der Waals surface area contributed by atoms with E-state index >= 15 is 0 Å². The van der Waals surface area contributed by atoms with E-state index in [4.69, 9.17) is 1.37 Å². The van der Waals surface area contributed by atoms with E-state index < -0.39 is 12.1 Å². The molecule has 132 valence electrons. The van der Waals surface area contributed by atoms with Gasteiger partial charge in [-0.05, 0) is 44.7 Å². The summed E-state index contributed by atoms with van der Waals surface area (Å²) in [6.07, 6.45) is 2.39. The van der Waals surface area contributed by atoms with Gasteiger partial charge in [-0.1, -0.05) is 43.2 Å². The van der Waals surface area contributed by atoms with Gasteiger partial charge in [0.05, 0.1) is 13.5 Å². The van der Waals surface area contributed by atoms with Crippen molar-refractivity contribution >= 4 is 5.91 Å². The number of hydrogen-bond acceptors (Lipinski definition) is 3. The van der Waals surface area contributed by atoms with Gasteiger partial charge >= 0.3 is 0 Å². The van der Waals surface area contributed by atoms with E-state index in [1.54, 1.807) is 0 Å². The van der Waals surface area contributed by atoms with Crippen LogP contribution in [-0.2, 0) is 4.79 Å². The summed E-state index contributed by atoms with van der Waals surface area (Å²) in [5.41, 5.74) is 2.82. The number of carbonyl (C=O) groups is 1. The smallest absolute Gasteiger partial charge is 0.224 e. The van der Waals surface area contributed by atoms with Crippen molar-refractivity contribution in [2.75, 3.05) is 0 Å². The lowest BCUT2D eigenvalue weighted by Crippen LogP contribution is -2.50. The van der Waals surface area contributed by atoms with Gasteiger partial charge in [-0.15, -0.1) is 0 Å². The standard InChI is InChI=1S/C21H27N3O/c1-14-15(2)24(16(3)17-9-5-4-6-10-17)20(19(14)13-22)23-21(25)18-11-7-8-12-18/h4-6,9-10,16,18-20H,7-8,11-12H2,1-3H3,(H,23,25)/i20D. The maximum absolute atomic E-state index is 12.8. The summed E-state index contributed by atoms with van der Waals surface area (Å²) < 4.78 is 9.16. The summed E-state index contributed by atoms with van der Waals surface area (Å²) in [6, 6.07) is 12.1. The van der Waals surface area contributed by atoms with Crippen LogP contribution in [0.2, 0.25) is 0 Å². The third kappa shape index (κ3) is 3.28. The van der Waals surface area contributed by atoms with Crippen molar-refractivity contribution in [3.63, 3.8) is 0 Å². The first-order valence-electron chi connectivity index (χ1n) is 9.63. The second-order valence-corrected chi connectivity index (χ2v) is 7.14. The number of carbonyl (C=O) groups excluding carboxylic acids is 1. The van der Waals surface area contributed by atoms with Crippen LogP contribution in [0, 0.1) is 23.2 Å². The molecule has 0 spiro atoms. The van der Waals surface area contributed by atoms with Crippen LogP contribution < -0.4 is 5.32 Å². The average molecular weight is 338 g/mol. The highest BCUT2D eigenvalue weighted by atomic mass is 16.2. The maximum atomic E-state index is 12.8. The number of nitrogens with zero attached hydrogens (tertiary/aromatic N) is 2. The topological polar surface area (TPSA) is 56.1 Å². The molecular weight excluding hydrogens is 310 g/mol. The van der Waals surface area contributed by atoms with Gasteiger partial charge in [0.1, 0.15) is 12.1 Å². The Morgan fingerprint density at radius 3 is 2.56 bits per heavy atom. The molecule has 0 saturated heterocycles. The Morgan fingerprint density at radius 1 is 1.32 bits per heavy atom. The Balaban J connectivity index is 1.96. The molecule has 1 aliphatic carbocycles. The second-order valence-electron chi connectivity index (χ2n) is 7.14. The zero-order valence-corrected chi connectivity index (χ0v) is 15.2. The normalized spacial score (nSPS) is 28.6. The molecule has 1 fully saturated rings. The van der Waals surface area contributed by atoms with Crippen molar-refractivity contribution in [3.8, 4) is 6.07 Å². The lowest BCUT2D eigenvalue weighted by molar-refractivity contribution is -0.126. The fraction of sp³-hybridized carbons (Fsp3) is 0.524. The van der Waals surface area contributed by atoms with Crippen LogP contribution >= 0.6 is 0 Å². The van der Waals surface area contributed by atoms with Crippen molar-refractivity contribution in [3.05, 3.63) is 47.2 Å². The molecule has 4 nitrogen and oxygen atoms in total. The molecular formula is C21H27N3O. The Morgan fingerprint density at radius 2 is 1.96 bits per heavy atom. The van der Waals surface area contributed by atoms with Crippen LogP contribution in [0.5, 0.6) is 0 Å². The Hall–Kier alpha value is -2.28. The number of rotatable bonds is 4. The zero-order chi connectivity index (χ0) is 18.9. The summed E-state index contributed by atoms with van der Waals surface area (Å²) in [4.78, 5) is 14.7. The van der Waals surface area contributed by atoms with Gasteiger partial charge in [-0.2, -0.15) is 5.26 Å². The quantitative estimate of drug-likeness (QED) is 0.898. The van der Waals surface area contributed by atoms with Crippen LogP contribution in [0.4, 0.5) is 0 Å². The molecule has 0 radical (unpaired) electrons. The van der Waals surface area contributed by atoms with Crippen LogP contribution in [0.1, 0.15) is 59.4 Å².